The van der Waals surface area contributed by atoms with Gasteiger partial charge in [0.25, 0.3) is 5.91 Å². The molecule has 1 aliphatic heterocycles. The van der Waals surface area contributed by atoms with Gasteiger partial charge in [0.2, 0.25) is 5.76 Å². The molecule has 1 unspecified atom stereocenters. The highest BCUT2D eigenvalue weighted by Gasteiger charge is 2.44. The van der Waals surface area contributed by atoms with Crippen molar-refractivity contribution in [3.8, 4) is 11.5 Å². The van der Waals surface area contributed by atoms with Crippen LogP contribution in [0, 0.1) is 5.82 Å². The summed E-state index contributed by atoms with van der Waals surface area (Å²) in [5, 5.41) is 0.0698. The lowest BCUT2D eigenvalue weighted by Crippen LogP contribution is -2.30. The first-order valence-electron chi connectivity index (χ1n) is 12.4. The van der Waals surface area contributed by atoms with Gasteiger partial charge in [0.15, 0.2) is 16.9 Å². The van der Waals surface area contributed by atoms with Crippen molar-refractivity contribution in [1.82, 2.24) is 4.98 Å². The summed E-state index contributed by atoms with van der Waals surface area (Å²) < 4.78 is 31.8. The standard InChI is InChI=1S/C29H27FN2O5/c1-3-5-8-15-36-22-12-10-18(16-23(22)35-4-2)26-25-27(33)20-17-19(30)11-13-21(20)37-28(25)29(34)32(26)24-9-6-7-14-31-24/h6-7,9-14,16-17,26H,3-5,8,15H2,1-2H3. The highest BCUT2D eigenvalue weighted by molar-refractivity contribution is 6.10. The minimum atomic E-state index is -0.852. The lowest BCUT2D eigenvalue weighted by Gasteiger charge is -2.25. The molecule has 37 heavy (non-hydrogen) atoms. The Kier molecular flexibility index (Phi) is 6.90. The number of pyridine rings is 1. The molecule has 1 aliphatic rings. The van der Waals surface area contributed by atoms with Crippen molar-refractivity contribution >= 4 is 22.7 Å². The number of halogens is 1. The van der Waals surface area contributed by atoms with Crippen LogP contribution in [0.1, 0.15) is 60.8 Å². The number of rotatable bonds is 9. The van der Waals surface area contributed by atoms with Crippen LogP contribution in [-0.2, 0) is 0 Å². The SMILES string of the molecule is CCCCCOc1ccc(C2c3c(oc4ccc(F)cc4c3=O)C(=O)N2c2ccccn2)cc1OCC. The molecule has 0 bridgehead atoms. The van der Waals surface area contributed by atoms with E-state index in [0.717, 1.165) is 25.3 Å². The number of fused-ring (bicyclic) bond motifs is 2. The number of carbonyl (C=O) groups excluding carboxylic acids is 1. The maximum Gasteiger partial charge on any atom is 0.296 e. The zero-order chi connectivity index (χ0) is 25.9. The summed E-state index contributed by atoms with van der Waals surface area (Å²) in [6, 6.07) is 13.4. The van der Waals surface area contributed by atoms with Crippen LogP contribution in [-0.4, -0.2) is 24.1 Å². The molecule has 1 amide bonds. The van der Waals surface area contributed by atoms with E-state index < -0.39 is 23.2 Å². The molecule has 0 aliphatic carbocycles. The van der Waals surface area contributed by atoms with Gasteiger partial charge in [-0.05, 0) is 61.4 Å². The molecule has 0 fully saturated rings. The number of anilines is 1. The molecule has 1 atom stereocenters. The number of nitrogens with zero attached hydrogens (tertiary/aromatic N) is 2. The van der Waals surface area contributed by atoms with E-state index in [4.69, 9.17) is 13.9 Å². The number of aromatic nitrogens is 1. The second-order valence-corrected chi connectivity index (χ2v) is 8.77. The minimum absolute atomic E-state index is 0.0698. The average molecular weight is 503 g/mol. The van der Waals surface area contributed by atoms with E-state index in [9.17, 15) is 14.0 Å². The third-order valence-electron chi connectivity index (χ3n) is 6.32. The fraction of sp³-hybridized carbons (Fsp3) is 0.276. The summed E-state index contributed by atoms with van der Waals surface area (Å²) in [5.74, 6) is 0.303. The molecule has 0 radical (unpaired) electrons. The van der Waals surface area contributed by atoms with E-state index in [-0.39, 0.29) is 22.3 Å². The van der Waals surface area contributed by atoms with E-state index in [2.05, 4.69) is 11.9 Å². The quantitative estimate of drug-likeness (QED) is 0.259. The largest absolute Gasteiger partial charge is 0.490 e. The van der Waals surface area contributed by atoms with Crippen LogP contribution in [0.4, 0.5) is 10.2 Å². The number of unbranched alkanes of at least 4 members (excludes halogenated alkanes) is 2. The summed E-state index contributed by atoms with van der Waals surface area (Å²) in [6.07, 6.45) is 4.64. The highest BCUT2D eigenvalue weighted by Crippen LogP contribution is 2.42. The summed E-state index contributed by atoms with van der Waals surface area (Å²) >= 11 is 0. The Hall–Kier alpha value is -4.20. The molecule has 8 heteroatoms. The van der Waals surface area contributed by atoms with Gasteiger partial charge >= 0.3 is 0 Å². The number of ether oxygens (including phenoxy) is 2. The Morgan fingerprint density at radius 1 is 1.00 bits per heavy atom. The molecule has 4 aromatic rings. The summed E-state index contributed by atoms with van der Waals surface area (Å²) in [5.41, 5.74) is 0.425. The number of amides is 1. The molecule has 0 saturated heterocycles. The normalized spacial score (nSPS) is 14.7. The lowest BCUT2D eigenvalue weighted by molar-refractivity contribution is 0.0970. The van der Waals surface area contributed by atoms with E-state index in [1.54, 1.807) is 42.6 Å². The minimum Gasteiger partial charge on any atom is -0.490 e. The van der Waals surface area contributed by atoms with Crippen molar-refractivity contribution in [2.45, 2.75) is 39.2 Å². The van der Waals surface area contributed by atoms with Crippen molar-refractivity contribution < 1.29 is 23.1 Å². The summed E-state index contributed by atoms with van der Waals surface area (Å²) in [6.45, 7) is 4.96. The molecule has 190 valence electrons. The number of hydrogen-bond donors (Lipinski definition) is 0. The van der Waals surface area contributed by atoms with Crippen molar-refractivity contribution in [2.24, 2.45) is 0 Å². The smallest absolute Gasteiger partial charge is 0.296 e. The topological polar surface area (TPSA) is 81.9 Å². The predicted octanol–water partition coefficient (Wildman–Crippen LogP) is 6.04. The first-order valence-corrected chi connectivity index (χ1v) is 12.4. The van der Waals surface area contributed by atoms with Gasteiger partial charge in [0, 0.05) is 6.20 Å². The van der Waals surface area contributed by atoms with Crippen LogP contribution in [0.2, 0.25) is 0 Å². The first-order chi connectivity index (χ1) is 18.0. The molecule has 7 nitrogen and oxygen atoms in total. The molecule has 3 heterocycles. The molecule has 2 aromatic heterocycles. The van der Waals surface area contributed by atoms with Crippen molar-refractivity contribution in [1.29, 1.82) is 0 Å². The first kappa shape index (κ1) is 24.5. The van der Waals surface area contributed by atoms with E-state index in [0.29, 0.717) is 36.1 Å². The third-order valence-corrected chi connectivity index (χ3v) is 6.32. The van der Waals surface area contributed by atoms with E-state index >= 15 is 0 Å². The van der Waals surface area contributed by atoms with Gasteiger partial charge in [-0.15, -0.1) is 0 Å². The fourth-order valence-corrected chi connectivity index (χ4v) is 4.61. The van der Waals surface area contributed by atoms with Crippen LogP contribution in [0.25, 0.3) is 11.0 Å². The van der Waals surface area contributed by atoms with Gasteiger partial charge < -0.3 is 13.9 Å². The van der Waals surface area contributed by atoms with Crippen molar-refractivity contribution in [2.75, 3.05) is 18.1 Å². The molecule has 0 saturated carbocycles. The van der Waals surface area contributed by atoms with Gasteiger partial charge in [-0.25, -0.2) is 9.37 Å². The van der Waals surface area contributed by atoms with E-state index in [1.165, 1.54) is 17.0 Å². The van der Waals surface area contributed by atoms with Gasteiger partial charge in [-0.1, -0.05) is 31.9 Å². The molecule has 0 N–H and O–H groups in total. The second-order valence-electron chi connectivity index (χ2n) is 8.77. The van der Waals surface area contributed by atoms with Gasteiger partial charge in [-0.3, -0.25) is 14.5 Å². The third kappa shape index (κ3) is 4.55. The maximum absolute atomic E-state index is 14.0. The lowest BCUT2D eigenvalue weighted by atomic mass is 9.98. The summed E-state index contributed by atoms with van der Waals surface area (Å²) in [4.78, 5) is 33.1. The van der Waals surface area contributed by atoms with Gasteiger partial charge in [0.05, 0.1) is 30.2 Å². The number of benzene rings is 2. The maximum atomic E-state index is 14.0. The zero-order valence-electron chi connectivity index (χ0n) is 20.7. The van der Waals surface area contributed by atoms with E-state index in [1.807, 2.05) is 6.92 Å². The Morgan fingerprint density at radius 2 is 1.86 bits per heavy atom. The van der Waals surface area contributed by atoms with Gasteiger partial charge in [0.1, 0.15) is 17.2 Å². The Morgan fingerprint density at radius 3 is 2.62 bits per heavy atom. The summed E-state index contributed by atoms with van der Waals surface area (Å²) in [7, 11) is 0. The van der Waals surface area contributed by atoms with Gasteiger partial charge in [-0.2, -0.15) is 0 Å². The predicted molar refractivity (Wildman–Crippen MR) is 138 cm³/mol. The number of carbonyl (C=O) groups is 1. The monoisotopic (exact) mass is 502 g/mol. The van der Waals surface area contributed by atoms with Crippen molar-refractivity contribution in [3.63, 3.8) is 0 Å². The zero-order valence-corrected chi connectivity index (χ0v) is 20.7. The molecule has 5 rings (SSSR count). The fourth-order valence-electron chi connectivity index (χ4n) is 4.61. The van der Waals surface area contributed by atoms with Crippen LogP contribution in [0.5, 0.6) is 11.5 Å². The Labute approximate surface area is 213 Å². The molecule has 0 spiro atoms. The van der Waals surface area contributed by atoms with Crippen LogP contribution >= 0.6 is 0 Å². The van der Waals surface area contributed by atoms with Crippen LogP contribution in [0.15, 0.2) is 70.0 Å². The van der Waals surface area contributed by atoms with Crippen LogP contribution < -0.4 is 19.8 Å². The second kappa shape index (κ2) is 10.4. The Bertz CT molecular complexity index is 1500. The highest BCUT2D eigenvalue weighted by atomic mass is 19.1. The molecule has 2 aromatic carbocycles. The van der Waals surface area contributed by atoms with Crippen molar-refractivity contribution in [3.05, 3.63) is 93.7 Å². The molecular formula is C29H27FN2O5. The average Bonchev–Trinajstić information content (AvgIpc) is 3.21. The molecular weight excluding hydrogens is 475 g/mol. The Balaban J connectivity index is 1.67. The number of hydrogen-bond acceptors (Lipinski definition) is 6. The van der Waals surface area contributed by atoms with Crippen LogP contribution in [0.3, 0.4) is 0 Å².